The summed E-state index contributed by atoms with van der Waals surface area (Å²) in [4.78, 5) is 12.9. The van der Waals surface area contributed by atoms with Crippen molar-refractivity contribution in [2.24, 2.45) is 0 Å². The fraction of sp³-hybridized carbons (Fsp3) is 0. The first-order valence-electron chi connectivity index (χ1n) is 13.9. The molecule has 0 N–H and O–H groups in total. The summed E-state index contributed by atoms with van der Waals surface area (Å²) in [7, 11) is 0. The molecular formula is C38H23N3. The van der Waals surface area contributed by atoms with Crippen LogP contribution in [0.15, 0.2) is 134 Å². The molecule has 1 aliphatic heterocycles. The minimum absolute atomic E-state index is 0.819. The van der Waals surface area contributed by atoms with E-state index in [0.29, 0.717) is 0 Å². The van der Waals surface area contributed by atoms with Crippen LogP contribution in [0.2, 0.25) is 0 Å². The van der Waals surface area contributed by atoms with Gasteiger partial charge in [-0.3, -0.25) is 4.90 Å². The molecule has 3 heteroatoms. The van der Waals surface area contributed by atoms with E-state index < -0.39 is 0 Å². The van der Waals surface area contributed by atoms with Gasteiger partial charge in [-0.05, 0) is 69.1 Å². The van der Waals surface area contributed by atoms with Gasteiger partial charge < -0.3 is 0 Å². The number of hydrogen-bond donors (Lipinski definition) is 0. The Bertz CT molecular complexity index is 2240. The Morgan fingerprint density at radius 1 is 0.488 bits per heavy atom. The van der Waals surface area contributed by atoms with Gasteiger partial charge in [0.15, 0.2) is 5.82 Å². The van der Waals surface area contributed by atoms with Crippen molar-refractivity contribution in [1.29, 1.82) is 0 Å². The van der Waals surface area contributed by atoms with Crippen molar-refractivity contribution >= 4 is 44.6 Å². The molecule has 0 amide bonds. The number of benzene rings is 6. The molecule has 3 nitrogen and oxygen atoms in total. The zero-order valence-electron chi connectivity index (χ0n) is 22.2. The third-order valence-electron chi connectivity index (χ3n) is 8.48. The molecule has 0 unspecified atom stereocenters. The van der Waals surface area contributed by atoms with Crippen molar-refractivity contribution in [2.75, 3.05) is 4.90 Å². The first-order chi connectivity index (χ1) is 20.3. The van der Waals surface area contributed by atoms with Gasteiger partial charge in [0.2, 0.25) is 0 Å². The average molecular weight is 522 g/mol. The molecule has 9 rings (SSSR count). The van der Waals surface area contributed by atoms with Crippen LogP contribution in [0.25, 0.3) is 60.9 Å². The molecule has 1 aliphatic carbocycles. The molecule has 1 aromatic heterocycles. The monoisotopic (exact) mass is 521 g/mol. The quantitative estimate of drug-likeness (QED) is 0.227. The van der Waals surface area contributed by atoms with E-state index in [1.807, 2.05) is 24.3 Å². The summed E-state index contributed by atoms with van der Waals surface area (Å²) < 4.78 is 0. The maximum absolute atomic E-state index is 5.33. The van der Waals surface area contributed by atoms with Gasteiger partial charge in [0.05, 0.1) is 22.4 Å². The van der Waals surface area contributed by atoms with Crippen LogP contribution in [0.4, 0.5) is 17.2 Å². The minimum atomic E-state index is 0.819. The summed E-state index contributed by atoms with van der Waals surface area (Å²) in [6.07, 6.45) is 0. The fourth-order valence-corrected chi connectivity index (χ4v) is 6.63. The number of anilines is 3. The van der Waals surface area contributed by atoms with Crippen LogP contribution in [0, 0.1) is 0 Å². The van der Waals surface area contributed by atoms with Crippen LogP contribution < -0.4 is 4.90 Å². The summed E-state index contributed by atoms with van der Waals surface area (Å²) in [5.74, 6) is 0.819. The highest BCUT2D eigenvalue weighted by Crippen LogP contribution is 2.52. The Morgan fingerprint density at radius 2 is 1.12 bits per heavy atom. The van der Waals surface area contributed by atoms with Crippen LogP contribution in [0.1, 0.15) is 11.1 Å². The zero-order chi connectivity index (χ0) is 27.1. The van der Waals surface area contributed by atoms with E-state index in [-0.39, 0.29) is 0 Å². The molecule has 0 fully saturated rings. The second-order valence-electron chi connectivity index (χ2n) is 10.7. The fourth-order valence-electron chi connectivity index (χ4n) is 6.63. The van der Waals surface area contributed by atoms with Crippen LogP contribution in [0.3, 0.4) is 0 Å². The van der Waals surface area contributed by atoms with E-state index in [0.717, 1.165) is 50.6 Å². The summed E-state index contributed by atoms with van der Waals surface area (Å²) in [5, 5.41) is 2.44. The van der Waals surface area contributed by atoms with E-state index in [2.05, 4.69) is 115 Å². The van der Waals surface area contributed by atoms with Gasteiger partial charge >= 0.3 is 0 Å². The number of nitrogens with zero attached hydrogens (tertiary/aromatic N) is 3. The number of rotatable bonds is 2. The predicted octanol–water partition coefficient (Wildman–Crippen LogP) is 9.94. The van der Waals surface area contributed by atoms with Gasteiger partial charge in [-0.2, -0.15) is 0 Å². The van der Waals surface area contributed by atoms with E-state index in [1.165, 1.54) is 38.6 Å². The van der Waals surface area contributed by atoms with Crippen molar-refractivity contribution < 1.29 is 0 Å². The third-order valence-corrected chi connectivity index (χ3v) is 8.48. The summed E-state index contributed by atoms with van der Waals surface area (Å²) in [5.41, 5.74) is 14.1. The zero-order valence-corrected chi connectivity index (χ0v) is 22.2. The molecule has 41 heavy (non-hydrogen) atoms. The molecule has 0 bridgehead atoms. The number of para-hydroxylation sites is 3. The van der Waals surface area contributed by atoms with E-state index >= 15 is 0 Å². The van der Waals surface area contributed by atoms with Crippen molar-refractivity contribution in [2.45, 2.75) is 0 Å². The smallest absolute Gasteiger partial charge is 0.165 e. The maximum atomic E-state index is 5.33. The maximum Gasteiger partial charge on any atom is 0.165 e. The van der Waals surface area contributed by atoms with E-state index in [1.54, 1.807) is 0 Å². The van der Waals surface area contributed by atoms with Crippen LogP contribution in [-0.4, -0.2) is 9.97 Å². The first-order valence-corrected chi connectivity index (χ1v) is 13.9. The molecular weight excluding hydrogens is 498 g/mol. The average Bonchev–Trinajstić information content (AvgIpc) is 3.32. The molecule has 2 aliphatic rings. The van der Waals surface area contributed by atoms with E-state index in [9.17, 15) is 0 Å². The highest BCUT2D eigenvalue weighted by molar-refractivity contribution is 6.14. The van der Waals surface area contributed by atoms with Gasteiger partial charge in [0.1, 0.15) is 5.69 Å². The van der Waals surface area contributed by atoms with Gasteiger partial charge in [-0.25, -0.2) is 9.97 Å². The molecule has 0 spiro atoms. The van der Waals surface area contributed by atoms with Crippen molar-refractivity contribution in [3.8, 4) is 33.5 Å². The molecule has 0 radical (unpaired) electrons. The second-order valence-corrected chi connectivity index (χ2v) is 10.7. The molecule has 6 aromatic carbocycles. The summed E-state index contributed by atoms with van der Waals surface area (Å²) in [6.45, 7) is 4.47. The van der Waals surface area contributed by atoms with Gasteiger partial charge in [0.25, 0.3) is 0 Å². The van der Waals surface area contributed by atoms with Crippen LogP contribution in [-0.2, 0) is 0 Å². The van der Waals surface area contributed by atoms with Crippen molar-refractivity contribution in [3.05, 3.63) is 145 Å². The first kappa shape index (κ1) is 22.3. The molecule has 0 saturated carbocycles. The third kappa shape index (κ3) is 3.09. The van der Waals surface area contributed by atoms with Crippen molar-refractivity contribution in [3.63, 3.8) is 0 Å². The molecule has 7 aromatic rings. The second kappa shape index (κ2) is 8.23. The Labute approximate surface area is 237 Å². The Morgan fingerprint density at radius 3 is 1.98 bits per heavy atom. The highest BCUT2D eigenvalue weighted by atomic mass is 15.2. The van der Waals surface area contributed by atoms with Crippen LogP contribution in [0.5, 0.6) is 0 Å². The number of hydrogen-bond acceptors (Lipinski definition) is 3. The lowest BCUT2D eigenvalue weighted by molar-refractivity contribution is 1.18. The molecule has 2 heterocycles. The molecule has 0 atom stereocenters. The lowest BCUT2D eigenvalue weighted by Crippen LogP contribution is -2.18. The lowest BCUT2D eigenvalue weighted by Gasteiger charge is -2.33. The molecule has 0 saturated heterocycles. The van der Waals surface area contributed by atoms with Gasteiger partial charge in [-0.15, -0.1) is 0 Å². The summed E-state index contributed by atoms with van der Waals surface area (Å²) in [6, 6.07) is 44.9. The van der Waals surface area contributed by atoms with Crippen molar-refractivity contribution in [1.82, 2.24) is 9.97 Å². The number of aromatic nitrogens is 2. The predicted molar refractivity (Wildman–Crippen MR) is 170 cm³/mol. The largest absolute Gasteiger partial charge is 0.292 e. The summed E-state index contributed by atoms with van der Waals surface area (Å²) >= 11 is 0. The highest BCUT2D eigenvalue weighted by Gasteiger charge is 2.30. The van der Waals surface area contributed by atoms with Gasteiger partial charge in [0, 0.05) is 16.5 Å². The lowest BCUT2D eigenvalue weighted by atomic mass is 9.91. The van der Waals surface area contributed by atoms with E-state index in [4.69, 9.17) is 9.97 Å². The SMILES string of the molecule is C=C1c2ccccc2-c2ccc(-c3nc4ccccc4nc3N3c4ccccc4-c4cccc5cccc3c45)cc21. The normalized spacial score (nSPS) is 12.9. The van der Waals surface area contributed by atoms with Crippen LogP contribution >= 0.6 is 0 Å². The Balaban J connectivity index is 1.35. The Hall–Kier alpha value is -5.54. The Kier molecular flexibility index (Phi) is 4.48. The topological polar surface area (TPSA) is 29.0 Å². The van der Waals surface area contributed by atoms with Gasteiger partial charge in [-0.1, -0.05) is 104 Å². The standard InChI is InChI=1S/C38H23N3/c1-23-26-12-2-3-13-27(26)28-21-20-25(22-31(23)28)37-38(40-33-17-6-5-16-32(33)39-37)41-34-18-7-4-14-29(34)30-15-8-10-24-11-9-19-35(41)36(24)30/h2-22H,1H2. The minimum Gasteiger partial charge on any atom is -0.292 e. The molecule has 190 valence electrons. The number of fused-ring (bicyclic) bond motifs is 6.